The Morgan fingerprint density at radius 1 is 1.07 bits per heavy atom. The predicted molar refractivity (Wildman–Crippen MR) is 157 cm³/mol. The van der Waals surface area contributed by atoms with Gasteiger partial charge in [0.1, 0.15) is 5.75 Å². The Bertz CT molecular complexity index is 1410. The number of hydrogen-bond donors (Lipinski definition) is 3. The van der Waals surface area contributed by atoms with Crippen molar-refractivity contribution in [1.82, 2.24) is 4.90 Å². The fourth-order valence-corrected chi connectivity index (χ4v) is 6.99. The van der Waals surface area contributed by atoms with Gasteiger partial charge < -0.3 is 15.3 Å². The maximum absolute atomic E-state index is 13.6. The topological polar surface area (TPSA) is 98.1 Å². The molecule has 2 aromatic carbocycles. The molecule has 0 bridgehead atoms. The number of imide groups is 1. The Labute approximate surface area is 238 Å². The summed E-state index contributed by atoms with van der Waals surface area (Å²) in [5, 5.41) is 34.0. The van der Waals surface area contributed by atoms with Gasteiger partial charge in [-0.1, -0.05) is 67.1 Å². The maximum Gasteiger partial charge on any atom is 0.234 e. The first-order valence-electron chi connectivity index (χ1n) is 13.8. The first-order chi connectivity index (χ1) is 19.4. The lowest BCUT2D eigenvalue weighted by molar-refractivity contribution is -0.140. The third kappa shape index (κ3) is 5.68. The fourth-order valence-electron chi connectivity index (χ4n) is 6.29. The van der Waals surface area contributed by atoms with Crippen molar-refractivity contribution >= 4 is 34.8 Å². The smallest absolute Gasteiger partial charge is 0.234 e. The number of aliphatic hydroxyl groups is 2. The summed E-state index contributed by atoms with van der Waals surface area (Å²) in [6.07, 6.45) is 3.17. The van der Waals surface area contributed by atoms with Crippen LogP contribution in [0.25, 0.3) is 11.6 Å². The number of nitrogens with zero attached hydrogens (tertiary/aromatic N) is 1. The third-order valence-electron chi connectivity index (χ3n) is 8.19. The lowest BCUT2D eigenvalue weighted by Gasteiger charge is -2.36. The number of likely N-dealkylation sites (tertiary alicyclic amines) is 1. The highest BCUT2D eigenvalue weighted by Gasteiger charge is 2.54. The second-order valence-electron chi connectivity index (χ2n) is 10.6. The SMILES string of the molecule is CCC1=C([C@H](O)CC/C(=C/c2cccc(O)c2)c2ccccc2)[C@H](CO)[C@@H]2C(=O)N(Cc3cccs3)C(=O)[C@@H]2C1. The zero-order chi connectivity index (χ0) is 28.2. The molecular weight excluding hydrogens is 522 g/mol. The number of thiophene rings is 1. The zero-order valence-corrected chi connectivity index (χ0v) is 23.4. The number of phenols is 1. The summed E-state index contributed by atoms with van der Waals surface area (Å²) < 4.78 is 0. The molecule has 1 fully saturated rings. The van der Waals surface area contributed by atoms with E-state index in [1.165, 1.54) is 16.2 Å². The standard InChI is InChI=1S/C33H35NO5S/c1-2-22-18-27-31(33(39)34(32(27)38)19-26-12-7-15-40-26)28(20-35)30(22)29(37)14-13-24(23-9-4-3-5-10-23)16-21-8-6-11-25(36)17-21/h3-12,15-17,27-29,31,35-37H,2,13-14,18-20H2,1H3/b24-16-/t27-,28+,29-,31-/m1/s1. The lowest BCUT2D eigenvalue weighted by Crippen LogP contribution is -2.39. The number of carbonyl (C=O) groups excluding carboxylic acids is 2. The van der Waals surface area contributed by atoms with E-state index in [-0.39, 0.29) is 30.7 Å². The van der Waals surface area contributed by atoms with Crippen LogP contribution in [-0.2, 0) is 16.1 Å². The molecule has 208 valence electrons. The van der Waals surface area contributed by atoms with Gasteiger partial charge in [0, 0.05) is 10.8 Å². The highest BCUT2D eigenvalue weighted by Crippen LogP contribution is 2.47. The van der Waals surface area contributed by atoms with Gasteiger partial charge in [0.2, 0.25) is 11.8 Å². The average Bonchev–Trinajstić information content (AvgIpc) is 3.57. The number of phenolic OH excluding ortho intramolecular Hbond substituents is 1. The molecule has 3 N–H and O–H groups in total. The molecule has 2 aliphatic rings. The largest absolute Gasteiger partial charge is 0.508 e. The number of amides is 2. The van der Waals surface area contributed by atoms with Gasteiger partial charge in [0.25, 0.3) is 0 Å². The van der Waals surface area contributed by atoms with Crippen LogP contribution in [0.1, 0.15) is 48.6 Å². The number of benzene rings is 2. The first kappa shape index (κ1) is 28.0. The molecule has 2 heterocycles. The van der Waals surface area contributed by atoms with Gasteiger partial charge >= 0.3 is 0 Å². The zero-order valence-electron chi connectivity index (χ0n) is 22.6. The molecule has 0 spiro atoms. The highest BCUT2D eigenvalue weighted by atomic mass is 32.1. The molecule has 6 nitrogen and oxygen atoms in total. The van der Waals surface area contributed by atoms with Crippen LogP contribution in [0.3, 0.4) is 0 Å². The van der Waals surface area contributed by atoms with Crippen molar-refractivity contribution in [2.75, 3.05) is 6.61 Å². The van der Waals surface area contributed by atoms with Crippen LogP contribution in [0.15, 0.2) is 83.3 Å². The Morgan fingerprint density at radius 2 is 1.88 bits per heavy atom. The Morgan fingerprint density at radius 3 is 2.55 bits per heavy atom. The van der Waals surface area contributed by atoms with E-state index < -0.39 is 23.9 Å². The molecule has 2 amide bonds. The number of allylic oxidation sites excluding steroid dienone is 2. The van der Waals surface area contributed by atoms with E-state index in [1.54, 1.807) is 18.2 Å². The van der Waals surface area contributed by atoms with Gasteiger partial charge in [-0.2, -0.15) is 0 Å². The summed E-state index contributed by atoms with van der Waals surface area (Å²) in [5.74, 6) is -2.00. The Hall–Kier alpha value is -3.52. The molecule has 0 saturated carbocycles. The van der Waals surface area contributed by atoms with Crippen LogP contribution in [0.2, 0.25) is 0 Å². The van der Waals surface area contributed by atoms with Crippen LogP contribution in [0, 0.1) is 17.8 Å². The van der Waals surface area contributed by atoms with E-state index in [4.69, 9.17) is 0 Å². The number of hydrogen-bond acceptors (Lipinski definition) is 6. The quantitative estimate of drug-likeness (QED) is 0.170. The number of aliphatic hydroxyl groups excluding tert-OH is 2. The van der Waals surface area contributed by atoms with Crippen molar-refractivity contribution < 1.29 is 24.9 Å². The number of rotatable bonds is 10. The molecule has 1 aromatic heterocycles. The molecule has 1 aliphatic heterocycles. The van der Waals surface area contributed by atoms with E-state index in [0.717, 1.165) is 32.7 Å². The third-order valence-corrected chi connectivity index (χ3v) is 9.06. The maximum atomic E-state index is 13.6. The lowest BCUT2D eigenvalue weighted by atomic mass is 9.67. The molecular formula is C33H35NO5S. The normalized spacial score (nSPS) is 22.1. The highest BCUT2D eigenvalue weighted by molar-refractivity contribution is 7.09. The molecule has 1 aliphatic carbocycles. The minimum atomic E-state index is -0.862. The van der Waals surface area contributed by atoms with Crippen molar-refractivity contribution in [1.29, 1.82) is 0 Å². The first-order valence-corrected chi connectivity index (χ1v) is 14.7. The molecule has 4 atom stereocenters. The molecule has 0 radical (unpaired) electrons. The van der Waals surface area contributed by atoms with Crippen molar-refractivity contribution in [3.63, 3.8) is 0 Å². The van der Waals surface area contributed by atoms with Crippen LogP contribution in [0.4, 0.5) is 0 Å². The molecule has 3 aromatic rings. The summed E-state index contributed by atoms with van der Waals surface area (Å²) in [5.41, 5.74) is 4.56. The summed E-state index contributed by atoms with van der Waals surface area (Å²) in [6.45, 7) is 1.95. The second kappa shape index (κ2) is 12.3. The summed E-state index contributed by atoms with van der Waals surface area (Å²) >= 11 is 1.51. The van der Waals surface area contributed by atoms with Gasteiger partial charge in [-0.25, -0.2) is 0 Å². The van der Waals surface area contributed by atoms with Gasteiger partial charge in [-0.3, -0.25) is 14.5 Å². The minimum Gasteiger partial charge on any atom is -0.508 e. The average molecular weight is 558 g/mol. The minimum absolute atomic E-state index is 0.179. The number of fused-ring (bicyclic) bond motifs is 1. The van der Waals surface area contributed by atoms with Crippen molar-refractivity contribution in [2.24, 2.45) is 17.8 Å². The van der Waals surface area contributed by atoms with Gasteiger partial charge in [-0.05, 0) is 71.5 Å². The van der Waals surface area contributed by atoms with E-state index >= 15 is 0 Å². The predicted octanol–water partition coefficient (Wildman–Crippen LogP) is 5.66. The van der Waals surface area contributed by atoms with Crippen LogP contribution >= 0.6 is 11.3 Å². The van der Waals surface area contributed by atoms with E-state index in [9.17, 15) is 24.9 Å². The molecule has 7 heteroatoms. The van der Waals surface area contributed by atoms with Crippen molar-refractivity contribution in [2.45, 2.75) is 45.3 Å². The second-order valence-corrected chi connectivity index (χ2v) is 11.6. The van der Waals surface area contributed by atoms with E-state index in [1.807, 2.05) is 66.9 Å². The van der Waals surface area contributed by atoms with Crippen LogP contribution in [-0.4, -0.2) is 44.7 Å². The molecule has 1 saturated heterocycles. The summed E-state index contributed by atoms with van der Waals surface area (Å²) in [6, 6.07) is 20.8. The Kier molecular flexibility index (Phi) is 8.64. The summed E-state index contributed by atoms with van der Waals surface area (Å²) in [4.78, 5) is 29.2. The monoisotopic (exact) mass is 557 g/mol. The van der Waals surface area contributed by atoms with Crippen molar-refractivity contribution in [3.8, 4) is 5.75 Å². The molecule has 0 unspecified atom stereocenters. The van der Waals surface area contributed by atoms with E-state index in [0.29, 0.717) is 25.7 Å². The Balaban J connectivity index is 1.40. The van der Waals surface area contributed by atoms with Crippen molar-refractivity contribution in [3.05, 3.63) is 99.3 Å². The number of aromatic hydroxyl groups is 1. The van der Waals surface area contributed by atoms with Gasteiger partial charge in [-0.15, -0.1) is 11.3 Å². The van der Waals surface area contributed by atoms with Crippen LogP contribution in [0.5, 0.6) is 5.75 Å². The van der Waals surface area contributed by atoms with E-state index in [2.05, 4.69) is 0 Å². The molecule has 5 rings (SSSR count). The fraction of sp³-hybridized carbons (Fsp3) is 0.333. The van der Waals surface area contributed by atoms with Crippen LogP contribution < -0.4 is 0 Å². The molecule has 40 heavy (non-hydrogen) atoms. The summed E-state index contributed by atoms with van der Waals surface area (Å²) in [7, 11) is 0. The van der Waals surface area contributed by atoms with Gasteiger partial charge in [0.05, 0.1) is 31.1 Å². The number of carbonyl (C=O) groups is 2. The van der Waals surface area contributed by atoms with Gasteiger partial charge in [0.15, 0.2) is 0 Å².